The minimum absolute atomic E-state index is 0.0280. The van der Waals surface area contributed by atoms with Crippen molar-refractivity contribution in [1.29, 1.82) is 0 Å². The van der Waals surface area contributed by atoms with Crippen molar-refractivity contribution >= 4 is 23.1 Å². The molecule has 2 atom stereocenters. The standard InChI is InChI=1S/C31H32N2O6/c1-5-38-29-17-20(11-13-27(29)39-18(2)34)31-30-24(32-22-8-6-7-9-23(22)33-31)14-21(15-25(30)35)19-10-12-26(36-3)28(16-19)37-4/h6-13,16-17,21,31-33H,5,14-15H2,1-4H3. The number of carbonyl (C=O) groups is 2. The number of rotatable bonds is 7. The number of nitrogens with one attached hydrogen (secondary N) is 2. The molecule has 2 N–H and O–H groups in total. The van der Waals surface area contributed by atoms with Crippen LogP contribution in [0.2, 0.25) is 0 Å². The highest BCUT2D eigenvalue weighted by Crippen LogP contribution is 2.46. The number of ether oxygens (including phenoxy) is 4. The Morgan fingerprint density at radius 3 is 2.28 bits per heavy atom. The topological polar surface area (TPSA) is 95.1 Å². The minimum Gasteiger partial charge on any atom is -0.493 e. The molecule has 2 unspecified atom stereocenters. The fraction of sp³-hybridized carbons (Fsp3) is 0.290. The molecule has 202 valence electrons. The smallest absolute Gasteiger partial charge is 0.308 e. The third-order valence-corrected chi connectivity index (χ3v) is 7.04. The summed E-state index contributed by atoms with van der Waals surface area (Å²) in [6.45, 7) is 3.62. The summed E-state index contributed by atoms with van der Waals surface area (Å²) in [4.78, 5) is 25.5. The van der Waals surface area contributed by atoms with Crippen molar-refractivity contribution in [3.63, 3.8) is 0 Å². The van der Waals surface area contributed by atoms with Gasteiger partial charge in [-0.25, -0.2) is 0 Å². The lowest BCUT2D eigenvalue weighted by Crippen LogP contribution is -2.27. The maximum Gasteiger partial charge on any atom is 0.308 e. The van der Waals surface area contributed by atoms with Crippen LogP contribution in [0.4, 0.5) is 11.4 Å². The number of hydrogen-bond donors (Lipinski definition) is 2. The first kappa shape index (κ1) is 26.2. The van der Waals surface area contributed by atoms with Crippen molar-refractivity contribution in [3.8, 4) is 23.0 Å². The Morgan fingerprint density at radius 1 is 0.872 bits per heavy atom. The number of allylic oxidation sites excluding steroid dienone is 1. The van der Waals surface area contributed by atoms with E-state index in [2.05, 4.69) is 10.6 Å². The second-order valence-corrected chi connectivity index (χ2v) is 9.52. The average molecular weight is 529 g/mol. The van der Waals surface area contributed by atoms with Gasteiger partial charge in [0, 0.05) is 24.6 Å². The summed E-state index contributed by atoms with van der Waals surface area (Å²) < 4.78 is 22.1. The predicted molar refractivity (Wildman–Crippen MR) is 149 cm³/mol. The molecular formula is C31H32N2O6. The van der Waals surface area contributed by atoms with Crippen molar-refractivity contribution in [2.45, 2.75) is 38.6 Å². The molecule has 0 radical (unpaired) electrons. The average Bonchev–Trinajstić information content (AvgIpc) is 3.10. The molecule has 0 aromatic heterocycles. The van der Waals surface area contributed by atoms with Gasteiger partial charge in [0.1, 0.15) is 0 Å². The Kier molecular flexibility index (Phi) is 7.45. The summed E-state index contributed by atoms with van der Waals surface area (Å²) >= 11 is 0. The number of methoxy groups -OCH3 is 2. The van der Waals surface area contributed by atoms with Crippen LogP contribution in [-0.2, 0) is 9.59 Å². The van der Waals surface area contributed by atoms with Gasteiger partial charge in [0.25, 0.3) is 0 Å². The lowest BCUT2D eigenvalue weighted by atomic mass is 9.78. The lowest BCUT2D eigenvalue weighted by molar-refractivity contribution is -0.132. The summed E-state index contributed by atoms with van der Waals surface area (Å²) in [5.41, 5.74) is 5.18. The summed E-state index contributed by atoms with van der Waals surface area (Å²) in [5, 5.41) is 7.14. The van der Waals surface area contributed by atoms with Gasteiger partial charge in [0.15, 0.2) is 28.8 Å². The van der Waals surface area contributed by atoms with E-state index in [4.69, 9.17) is 18.9 Å². The Hall–Kier alpha value is -4.46. The Morgan fingerprint density at radius 2 is 1.56 bits per heavy atom. The van der Waals surface area contributed by atoms with Gasteiger partial charge in [0.05, 0.1) is 38.2 Å². The molecule has 1 aliphatic carbocycles. The zero-order chi connectivity index (χ0) is 27.5. The number of hydrogen-bond acceptors (Lipinski definition) is 8. The van der Waals surface area contributed by atoms with E-state index in [-0.39, 0.29) is 11.7 Å². The number of fused-ring (bicyclic) bond motifs is 1. The van der Waals surface area contributed by atoms with E-state index < -0.39 is 12.0 Å². The highest BCUT2D eigenvalue weighted by molar-refractivity contribution is 6.01. The van der Waals surface area contributed by atoms with Crippen LogP contribution in [0, 0.1) is 0 Å². The largest absolute Gasteiger partial charge is 0.493 e. The highest BCUT2D eigenvalue weighted by atomic mass is 16.6. The molecule has 1 heterocycles. The molecule has 0 spiro atoms. The molecule has 39 heavy (non-hydrogen) atoms. The van der Waals surface area contributed by atoms with E-state index in [1.54, 1.807) is 20.3 Å². The molecule has 1 aliphatic heterocycles. The predicted octanol–water partition coefficient (Wildman–Crippen LogP) is 6.01. The molecule has 0 saturated carbocycles. The number of carbonyl (C=O) groups excluding carboxylic acids is 2. The number of Topliss-reactive ketones (excluding diaryl/α,β-unsaturated/α-hetero) is 1. The lowest BCUT2D eigenvalue weighted by Gasteiger charge is -2.30. The van der Waals surface area contributed by atoms with E-state index in [0.29, 0.717) is 48.0 Å². The van der Waals surface area contributed by atoms with Gasteiger partial charge in [-0.3, -0.25) is 9.59 Å². The maximum atomic E-state index is 13.9. The van der Waals surface area contributed by atoms with Crippen molar-refractivity contribution < 1.29 is 28.5 Å². The van der Waals surface area contributed by atoms with Gasteiger partial charge >= 0.3 is 5.97 Å². The number of esters is 1. The summed E-state index contributed by atoms with van der Waals surface area (Å²) in [5.74, 6) is 1.68. The van der Waals surface area contributed by atoms with Gasteiger partial charge in [-0.05, 0) is 66.8 Å². The molecule has 0 bridgehead atoms. The van der Waals surface area contributed by atoms with Gasteiger partial charge in [0.2, 0.25) is 0 Å². The Labute approximate surface area is 227 Å². The zero-order valence-electron chi connectivity index (χ0n) is 22.5. The molecule has 0 fully saturated rings. The van der Waals surface area contributed by atoms with Crippen LogP contribution in [0.1, 0.15) is 49.8 Å². The molecule has 3 aromatic rings. The van der Waals surface area contributed by atoms with Crippen molar-refractivity contribution in [3.05, 3.63) is 83.1 Å². The fourth-order valence-electron chi connectivity index (χ4n) is 5.30. The number of benzene rings is 3. The van der Waals surface area contributed by atoms with E-state index >= 15 is 0 Å². The number of anilines is 2. The van der Waals surface area contributed by atoms with E-state index in [1.165, 1.54) is 6.92 Å². The van der Waals surface area contributed by atoms with Crippen LogP contribution in [-0.4, -0.2) is 32.6 Å². The molecule has 8 nitrogen and oxygen atoms in total. The quantitative estimate of drug-likeness (QED) is 0.285. The first-order valence-electron chi connectivity index (χ1n) is 13.0. The highest BCUT2D eigenvalue weighted by Gasteiger charge is 2.36. The fourth-order valence-corrected chi connectivity index (χ4v) is 5.30. The molecule has 0 saturated heterocycles. The minimum atomic E-state index is -0.430. The summed E-state index contributed by atoms with van der Waals surface area (Å²) in [6, 6.07) is 18.7. The second-order valence-electron chi connectivity index (χ2n) is 9.52. The molecule has 0 amide bonds. The number of ketones is 1. The third-order valence-electron chi connectivity index (χ3n) is 7.04. The Balaban J connectivity index is 1.58. The normalized spacial score (nSPS) is 18.1. The van der Waals surface area contributed by atoms with Gasteiger partial charge in [-0.1, -0.05) is 24.3 Å². The van der Waals surface area contributed by atoms with Gasteiger partial charge in [-0.15, -0.1) is 0 Å². The molecule has 8 heteroatoms. The summed E-state index contributed by atoms with van der Waals surface area (Å²) in [6.07, 6.45) is 1.00. The van der Waals surface area contributed by atoms with Crippen LogP contribution in [0.15, 0.2) is 71.9 Å². The van der Waals surface area contributed by atoms with Crippen molar-refractivity contribution in [2.24, 2.45) is 0 Å². The van der Waals surface area contributed by atoms with Gasteiger partial charge in [-0.2, -0.15) is 0 Å². The molecule has 3 aromatic carbocycles. The first-order chi connectivity index (χ1) is 18.9. The molecule has 2 aliphatic rings. The van der Waals surface area contributed by atoms with E-state index in [9.17, 15) is 9.59 Å². The number of para-hydroxylation sites is 2. The van der Waals surface area contributed by atoms with Crippen molar-refractivity contribution in [1.82, 2.24) is 0 Å². The first-order valence-corrected chi connectivity index (χ1v) is 13.0. The van der Waals surface area contributed by atoms with Crippen LogP contribution >= 0.6 is 0 Å². The van der Waals surface area contributed by atoms with E-state index in [0.717, 1.165) is 28.2 Å². The molecule has 5 rings (SSSR count). The van der Waals surface area contributed by atoms with Gasteiger partial charge < -0.3 is 29.6 Å². The third kappa shape index (κ3) is 5.27. The SMILES string of the molecule is CCOc1cc(C2Nc3ccccc3NC3=C2C(=O)CC(c2ccc(OC)c(OC)c2)C3)ccc1OC(C)=O. The zero-order valence-corrected chi connectivity index (χ0v) is 22.5. The van der Waals surface area contributed by atoms with Crippen LogP contribution in [0.3, 0.4) is 0 Å². The van der Waals surface area contributed by atoms with Crippen LogP contribution in [0.5, 0.6) is 23.0 Å². The van der Waals surface area contributed by atoms with Crippen LogP contribution in [0.25, 0.3) is 0 Å². The molecular weight excluding hydrogens is 496 g/mol. The van der Waals surface area contributed by atoms with Crippen molar-refractivity contribution in [2.75, 3.05) is 31.5 Å². The van der Waals surface area contributed by atoms with Crippen LogP contribution < -0.4 is 29.6 Å². The Bertz CT molecular complexity index is 1450. The summed E-state index contributed by atoms with van der Waals surface area (Å²) in [7, 11) is 3.21. The second kappa shape index (κ2) is 11.1. The monoisotopic (exact) mass is 528 g/mol. The van der Waals surface area contributed by atoms with E-state index in [1.807, 2.05) is 61.5 Å². The maximum absolute atomic E-state index is 13.9.